The highest BCUT2D eigenvalue weighted by Crippen LogP contribution is 2.27. The number of hydrogen-bond donors (Lipinski definition) is 1. The highest BCUT2D eigenvalue weighted by molar-refractivity contribution is 5.81. The molecular formula is C29H48N2O4. The van der Waals surface area contributed by atoms with Gasteiger partial charge in [-0.3, -0.25) is 14.5 Å². The highest BCUT2D eigenvalue weighted by Gasteiger charge is 2.18. The second-order valence-electron chi connectivity index (χ2n) is 10.3. The minimum atomic E-state index is -0.264. The Morgan fingerprint density at radius 2 is 1.91 bits per heavy atom. The third kappa shape index (κ3) is 14.3. The van der Waals surface area contributed by atoms with Crippen LogP contribution in [0.4, 0.5) is 0 Å². The number of ether oxygens (including phenoxy) is 2. The van der Waals surface area contributed by atoms with Crippen LogP contribution in [0.15, 0.2) is 34.9 Å². The van der Waals surface area contributed by atoms with Gasteiger partial charge in [0.1, 0.15) is 0 Å². The van der Waals surface area contributed by atoms with Gasteiger partial charge < -0.3 is 14.8 Å². The molecule has 2 aliphatic rings. The van der Waals surface area contributed by atoms with Gasteiger partial charge in [-0.15, -0.1) is 0 Å². The van der Waals surface area contributed by atoms with Gasteiger partial charge in [-0.2, -0.15) is 0 Å². The molecule has 1 amide bonds. The summed E-state index contributed by atoms with van der Waals surface area (Å²) in [7, 11) is 0. The van der Waals surface area contributed by atoms with Gasteiger partial charge in [-0.25, -0.2) is 0 Å². The first-order valence-electron chi connectivity index (χ1n) is 13.6. The number of carbonyl (C=O) groups excluding carboxylic acids is 2. The van der Waals surface area contributed by atoms with Gasteiger partial charge in [0.25, 0.3) is 0 Å². The van der Waals surface area contributed by atoms with E-state index in [1.165, 1.54) is 16.7 Å². The first kappa shape index (κ1) is 29.3. The summed E-state index contributed by atoms with van der Waals surface area (Å²) in [6.45, 7) is 12.1. The molecule has 1 aliphatic carbocycles. The summed E-state index contributed by atoms with van der Waals surface area (Å²) in [6, 6.07) is 0. The van der Waals surface area contributed by atoms with Gasteiger partial charge in [-0.05, 0) is 84.6 Å². The van der Waals surface area contributed by atoms with Crippen LogP contribution in [0.5, 0.6) is 0 Å². The zero-order valence-corrected chi connectivity index (χ0v) is 22.4. The van der Waals surface area contributed by atoms with Crippen LogP contribution in [0.2, 0.25) is 0 Å². The maximum atomic E-state index is 12.1. The van der Waals surface area contributed by atoms with Crippen molar-refractivity contribution in [2.45, 2.75) is 85.0 Å². The second-order valence-corrected chi connectivity index (χ2v) is 10.3. The summed E-state index contributed by atoms with van der Waals surface area (Å²) >= 11 is 0. The fraction of sp³-hybridized carbons (Fsp3) is 0.724. The van der Waals surface area contributed by atoms with Gasteiger partial charge in [0.05, 0.1) is 26.2 Å². The number of allylic oxidation sites excluding steroid dienone is 6. The Kier molecular flexibility index (Phi) is 14.7. The van der Waals surface area contributed by atoms with Gasteiger partial charge in [0.15, 0.2) is 0 Å². The van der Waals surface area contributed by atoms with Crippen molar-refractivity contribution in [2.24, 2.45) is 5.92 Å². The molecule has 6 nitrogen and oxygen atoms in total. The lowest BCUT2D eigenvalue weighted by Gasteiger charge is -2.26. The smallest absolute Gasteiger partial charge is 0.306 e. The van der Waals surface area contributed by atoms with Gasteiger partial charge in [0.2, 0.25) is 5.91 Å². The minimum Gasteiger partial charge on any atom is -0.465 e. The molecule has 1 heterocycles. The van der Waals surface area contributed by atoms with Crippen LogP contribution in [0, 0.1) is 5.92 Å². The van der Waals surface area contributed by atoms with Crippen LogP contribution in [0.1, 0.15) is 85.0 Å². The zero-order chi connectivity index (χ0) is 25.3. The molecule has 2 rings (SSSR count). The predicted octanol–water partition coefficient (Wildman–Crippen LogP) is 5.35. The Morgan fingerprint density at radius 3 is 2.69 bits per heavy atom. The Labute approximate surface area is 213 Å². The average molecular weight is 489 g/mol. The lowest BCUT2D eigenvalue weighted by atomic mass is 9.87. The Hall–Kier alpha value is -1.92. The molecule has 0 radical (unpaired) electrons. The van der Waals surface area contributed by atoms with E-state index in [0.717, 1.165) is 84.2 Å². The van der Waals surface area contributed by atoms with Crippen LogP contribution in [0.25, 0.3) is 0 Å². The van der Waals surface area contributed by atoms with Crippen molar-refractivity contribution in [1.82, 2.24) is 10.2 Å². The van der Waals surface area contributed by atoms with E-state index in [1.807, 2.05) is 0 Å². The number of rotatable bonds is 15. The van der Waals surface area contributed by atoms with Crippen LogP contribution < -0.4 is 5.32 Å². The number of hydrogen-bond acceptors (Lipinski definition) is 5. The number of esters is 1. The van der Waals surface area contributed by atoms with E-state index in [1.54, 1.807) is 0 Å². The topological polar surface area (TPSA) is 67.9 Å². The van der Waals surface area contributed by atoms with Gasteiger partial charge in [-0.1, -0.05) is 34.9 Å². The number of nitrogens with one attached hydrogen (secondary N) is 1. The van der Waals surface area contributed by atoms with Crippen molar-refractivity contribution in [3.63, 3.8) is 0 Å². The zero-order valence-electron chi connectivity index (χ0n) is 22.4. The lowest BCUT2D eigenvalue weighted by Crippen LogP contribution is -2.38. The number of carbonyl (C=O) groups is 2. The lowest BCUT2D eigenvalue weighted by molar-refractivity contribution is -0.146. The van der Waals surface area contributed by atoms with Crippen molar-refractivity contribution < 1.29 is 19.1 Å². The molecular weight excluding hydrogens is 440 g/mol. The summed E-state index contributed by atoms with van der Waals surface area (Å²) in [6.07, 6.45) is 15.9. The van der Waals surface area contributed by atoms with E-state index >= 15 is 0 Å². The molecule has 0 aromatic rings. The molecule has 1 saturated heterocycles. The first-order chi connectivity index (χ1) is 16.9. The average Bonchev–Trinajstić information content (AvgIpc) is 2.85. The summed E-state index contributed by atoms with van der Waals surface area (Å²) in [5, 5.41) is 2.91. The molecule has 0 unspecified atom stereocenters. The Bertz CT molecular complexity index is 731. The van der Waals surface area contributed by atoms with Crippen molar-refractivity contribution in [2.75, 3.05) is 46.0 Å². The van der Waals surface area contributed by atoms with Gasteiger partial charge in [0, 0.05) is 26.1 Å². The fourth-order valence-electron chi connectivity index (χ4n) is 4.56. The van der Waals surface area contributed by atoms with Gasteiger partial charge >= 0.3 is 5.97 Å². The SMILES string of the molecule is CC(C)=CCC/C(C)=C/CCC1=CCC[C@H](COC(=O)CCC(=O)NCCCN2CCOCC2)C1. The molecule has 0 bridgehead atoms. The third-order valence-electron chi connectivity index (χ3n) is 6.72. The molecule has 1 fully saturated rings. The summed E-state index contributed by atoms with van der Waals surface area (Å²) in [5.74, 6) is 0.0613. The quantitative estimate of drug-likeness (QED) is 0.191. The summed E-state index contributed by atoms with van der Waals surface area (Å²) < 4.78 is 10.8. The normalized spacial score (nSPS) is 19.1. The molecule has 198 valence electrons. The number of morpholine rings is 1. The molecule has 0 spiro atoms. The van der Waals surface area contributed by atoms with Crippen LogP contribution >= 0.6 is 0 Å². The monoisotopic (exact) mass is 488 g/mol. The standard InChI is InChI=1S/C29H48N2O4/c1-24(2)8-4-9-25(3)10-5-11-26-12-6-13-27(22-26)23-35-29(33)15-14-28(32)30-16-7-17-31-18-20-34-21-19-31/h8,10,12,27H,4-7,9,11,13-23H2,1-3H3,(H,30,32)/b25-10+/t27-/m0/s1. The van der Waals surface area contributed by atoms with E-state index in [0.29, 0.717) is 19.1 Å². The molecule has 0 aromatic carbocycles. The second kappa shape index (κ2) is 17.5. The van der Waals surface area contributed by atoms with Crippen molar-refractivity contribution in [3.8, 4) is 0 Å². The Balaban J connectivity index is 1.52. The van der Waals surface area contributed by atoms with Crippen molar-refractivity contribution >= 4 is 11.9 Å². The van der Waals surface area contributed by atoms with E-state index in [-0.39, 0.29) is 24.7 Å². The maximum Gasteiger partial charge on any atom is 0.306 e. The summed E-state index contributed by atoms with van der Waals surface area (Å²) in [4.78, 5) is 26.5. The minimum absolute atomic E-state index is 0.0731. The van der Waals surface area contributed by atoms with E-state index in [4.69, 9.17) is 9.47 Å². The third-order valence-corrected chi connectivity index (χ3v) is 6.72. The Morgan fingerprint density at radius 1 is 1.11 bits per heavy atom. The predicted molar refractivity (Wildman–Crippen MR) is 142 cm³/mol. The molecule has 0 aromatic heterocycles. The van der Waals surface area contributed by atoms with Crippen LogP contribution in [-0.2, 0) is 19.1 Å². The van der Waals surface area contributed by atoms with Crippen molar-refractivity contribution in [1.29, 1.82) is 0 Å². The molecule has 0 saturated carbocycles. The number of amides is 1. The van der Waals surface area contributed by atoms with Crippen LogP contribution in [0.3, 0.4) is 0 Å². The molecule has 6 heteroatoms. The first-order valence-corrected chi connectivity index (χ1v) is 13.6. The molecule has 1 N–H and O–H groups in total. The highest BCUT2D eigenvalue weighted by atomic mass is 16.5. The number of nitrogens with zero attached hydrogens (tertiary/aromatic N) is 1. The molecule has 1 atom stereocenters. The molecule has 35 heavy (non-hydrogen) atoms. The van der Waals surface area contributed by atoms with E-state index < -0.39 is 0 Å². The summed E-state index contributed by atoms with van der Waals surface area (Å²) in [5.41, 5.74) is 4.34. The van der Waals surface area contributed by atoms with E-state index in [9.17, 15) is 9.59 Å². The van der Waals surface area contributed by atoms with Crippen molar-refractivity contribution in [3.05, 3.63) is 34.9 Å². The maximum absolute atomic E-state index is 12.1. The fourth-order valence-corrected chi connectivity index (χ4v) is 4.56. The van der Waals surface area contributed by atoms with Crippen LogP contribution in [-0.4, -0.2) is 62.8 Å². The molecule has 1 aliphatic heterocycles. The largest absolute Gasteiger partial charge is 0.465 e. The van der Waals surface area contributed by atoms with E-state index in [2.05, 4.69) is 49.2 Å².